The fraction of sp³-hybridized carbons (Fsp3) is 0.156. The molecule has 0 saturated carbocycles. The Morgan fingerprint density at radius 1 is 0.816 bits per heavy atom. The molecule has 188 valence electrons. The van der Waals surface area contributed by atoms with Crippen LogP contribution in [0.5, 0.6) is 0 Å². The molecule has 0 fully saturated rings. The minimum atomic E-state index is 0.373. The molecule has 0 aliphatic carbocycles. The van der Waals surface area contributed by atoms with Crippen LogP contribution in [0.2, 0.25) is 5.02 Å². The van der Waals surface area contributed by atoms with E-state index in [0.29, 0.717) is 17.4 Å². The lowest BCUT2D eigenvalue weighted by Gasteiger charge is -2.18. The molecule has 0 spiro atoms. The molecule has 5 rings (SSSR count). The largest absolute Gasteiger partial charge is 0.379 e. The van der Waals surface area contributed by atoms with E-state index in [4.69, 9.17) is 23.2 Å². The van der Waals surface area contributed by atoms with E-state index in [1.807, 2.05) is 18.2 Å². The summed E-state index contributed by atoms with van der Waals surface area (Å²) in [5.74, 6) is 0.373. The van der Waals surface area contributed by atoms with Gasteiger partial charge in [-0.25, -0.2) is 4.98 Å². The Labute approximate surface area is 228 Å². The van der Waals surface area contributed by atoms with Crippen molar-refractivity contribution in [1.82, 2.24) is 9.97 Å². The zero-order chi connectivity index (χ0) is 26.8. The Morgan fingerprint density at radius 3 is 2.18 bits per heavy atom. The van der Waals surface area contributed by atoms with Gasteiger partial charge in [0, 0.05) is 22.3 Å². The molecule has 38 heavy (non-hydrogen) atoms. The first kappa shape index (κ1) is 25.3. The van der Waals surface area contributed by atoms with Gasteiger partial charge in [-0.3, -0.25) is 0 Å². The van der Waals surface area contributed by atoms with Crippen molar-refractivity contribution < 1.29 is 0 Å². The predicted octanol–water partition coefficient (Wildman–Crippen LogP) is 9.09. The summed E-state index contributed by atoms with van der Waals surface area (Å²) >= 11 is 7.09. The molecule has 0 aliphatic rings. The van der Waals surface area contributed by atoms with Crippen molar-refractivity contribution in [3.05, 3.63) is 117 Å². The fourth-order valence-electron chi connectivity index (χ4n) is 4.44. The summed E-state index contributed by atoms with van der Waals surface area (Å²) in [5.41, 5.74) is 11.0. The van der Waals surface area contributed by atoms with Gasteiger partial charge in [0.2, 0.25) is 0 Å². The maximum Gasteiger partial charge on any atom is 0.269 e. The molecule has 6 heteroatoms. The highest BCUT2D eigenvalue weighted by Crippen LogP contribution is 2.38. The van der Waals surface area contributed by atoms with Crippen molar-refractivity contribution in [3.63, 3.8) is 0 Å². The minimum absolute atomic E-state index is 0.373. The number of pyridine rings is 2. The smallest absolute Gasteiger partial charge is 0.269 e. The van der Waals surface area contributed by atoms with Gasteiger partial charge in [0.15, 0.2) is 0 Å². The zero-order valence-electron chi connectivity index (χ0n) is 21.9. The van der Waals surface area contributed by atoms with E-state index in [1.54, 1.807) is 12.3 Å². The zero-order valence-corrected chi connectivity index (χ0v) is 22.6. The van der Waals surface area contributed by atoms with Crippen LogP contribution in [0.4, 0.5) is 22.9 Å². The molecule has 0 saturated heterocycles. The number of benzene rings is 3. The standard InChI is InChI=1S/C32H28ClN5/c1-19-6-8-21(3)27(14-19)35-18-29-31(33)32(38-28-15-20(2)7-9-22(28)4)25-16-23(10-12-26(25)37-29)24-11-13-30(34-5)36-17-24/h6-17,35H,18H2,1-4H3,(H,37,38). The number of nitrogens with one attached hydrogen (secondary N) is 2. The van der Waals surface area contributed by atoms with Gasteiger partial charge in [-0.2, -0.15) is 0 Å². The molecule has 3 aromatic carbocycles. The quantitative estimate of drug-likeness (QED) is 0.220. The van der Waals surface area contributed by atoms with E-state index >= 15 is 0 Å². The highest BCUT2D eigenvalue weighted by molar-refractivity contribution is 6.35. The maximum absolute atomic E-state index is 7.17. The first-order chi connectivity index (χ1) is 18.3. The Morgan fingerprint density at radius 2 is 1.50 bits per heavy atom. The third-order valence-corrected chi connectivity index (χ3v) is 7.09. The van der Waals surface area contributed by atoms with Crippen LogP contribution in [-0.4, -0.2) is 9.97 Å². The molecular weight excluding hydrogens is 490 g/mol. The molecule has 0 radical (unpaired) electrons. The molecule has 0 amide bonds. The van der Waals surface area contributed by atoms with E-state index < -0.39 is 0 Å². The molecule has 2 N–H and O–H groups in total. The Hall–Kier alpha value is -4.40. The van der Waals surface area contributed by atoms with E-state index in [-0.39, 0.29) is 0 Å². The molecule has 0 atom stereocenters. The average Bonchev–Trinajstić information content (AvgIpc) is 2.92. The summed E-state index contributed by atoms with van der Waals surface area (Å²) in [6.07, 6.45) is 1.73. The Balaban J connectivity index is 1.62. The van der Waals surface area contributed by atoms with E-state index in [2.05, 4.69) is 90.6 Å². The third kappa shape index (κ3) is 5.18. The van der Waals surface area contributed by atoms with Gasteiger partial charge in [-0.15, -0.1) is 4.98 Å². The van der Waals surface area contributed by atoms with Gasteiger partial charge in [0.1, 0.15) is 6.20 Å². The highest BCUT2D eigenvalue weighted by Gasteiger charge is 2.16. The average molecular weight is 518 g/mol. The van der Waals surface area contributed by atoms with Crippen molar-refractivity contribution in [2.75, 3.05) is 10.6 Å². The number of aryl methyl sites for hydroxylation is 4. The topological polar surface area (TPSA) is 54.2 Å². The number of hydrogen-bond acceptors (Lipinski definition) is 4. The normalized spacial score (nSPS) is 10.8. The number of aromatic nitrogens is 2. The van der Waals surface area contributed by atoms with Crippen LogP contribution < -0.4 is 10.6 Å². The second-order valence-electron chi connectivity index (χ2n) is 9.61. The van der Waals surface area contributed by atoms with Gasteiger partial charge in [-0.05, 0) is 85.8 Å². The van der Waals surface area contributed by atoms with E-state index in [1.165, 1.54) is 11.1 Å². The van der Waals surface area contributed by atoms with Crippen LogP contribution in [0, 0.1) is 34.3 Å². The van der Waals surface area contributed by atoms with Gasteiger partial charge in [-0.1, -0.05) is 54.6 Å². The molecular formula is C32H28ClN5. The molecule has 0 aliphatic heterocycles. The van der Waals surface area contributed by atoms with E-state index in [0.717, 1.165) is 55.9 Å². The number of anilines is 3. The maximum atomic E-state index is 7.17. The molecule has 2 aromatic heterocycles. The summed E-state index contributed by atoms with van der Waals surface area (Å²) in [6, 6.07) is 22.5. The third-order valence-electron chi connectivity index (χ3n) is 6.68. The molecule has 5 nitrogen and oxygen atoms in total. The summed E-state index contributed by atoms with van der Waals surface area (Å²) in [5, 5.41) is 8.65. The van der Waals surface area contributed by atoms with Crippen LogP contribution in [-0.2, 0) is 6.54 Å². The van der Waals surface area contributed by atoms with Crippen molar-refractivity contribution >= 4 is 45.4 Å². The summed E-state index contributed by atoms with van der Waals surface area (Å²) in [4.78, 5) is 12.6. The van der Waals surface area contributed by atoms with Gasteiger partial charge >= 0.3 is 0 Å². The minimum Gasteiger partial charge on any atom is -0.379 e. The van der Waals surface area contributed by atoms with Crippen molar-refractivity contribution in [1.29, 1.82) is 0 Å². The van der Waals surface area contributed by atoms with Crippen LogP contribution in [0.3, 0.4) is 0 Å². The molecule has 0 unspecified atom stereocenters. The van der Waals surface area contributed by atoms with Crippen molar-refractivity contribution in [2.45, 2.75) is 34.2 Å². The van der Waals surface area contributed by atoms with Gasteiger partial charge in [0.05, 0.1) is 28.5 Å². The molecule has 0 bridgehead atoms. The Kier molecular flexibility index (Phi) is 7.00. The second kappa shape index (κ2) is 10.5. The lowest BCUT2D eigenvalue weighted by atomic mass is 10.0. The van der Waals surface area contributed by atoms with Crippen LogP contribution in [0.1, 0.15) is 27.9 Å². The van der Waals surface area contributed by atoms with Crippen molar-refractivity contribution in [2.24, 2.45) is 0 Å². The summed E-state index contributed by atoms with van der Waals surface area (Å²) < 4.78 is 0. The summed E-state index contributed by atoms with van der Waals surface area (Å²) in [6.45, 7) is 16.0. The van der Waals surface area contributed by atoms with Crippen LogP contribution in [0.25, 0.3) is 26.9 Å². The van der Waals surface area contributed by atoms with Crippen molar-refractivity contribution in [3.8, 4) is 11.1 Å². The predicted molar refractivity (Wildman–Crippen MR) is 159 cm³/mol. The van der Waals surface area contributed by atoms with Crippen LogP contribution in [0.15, 0.2) is 72.9 Å². The first-order valence-electron chi connectivity index (χ1n) is 12.4. The lowest BCUT2D eigenvalue weighted by Crippen LogP contribution is -2.07. The van der Waals surface area contributed by atoms with Gasteiger partial charge < -0.3 is 15.5 Å². The number of hydrogen-bond donors (Lipinski definition) is 2. The Bertz CT molecular complexity index is 1700. The highest BCUT2D eigenvalue weighted by atomic mass is 35.5. The summed E-state index contributed by atoms with van der Waals surface area (Å²) in [7, 11) is 0. The second-order valence-corrected chi connectivity index (χ2v) is 9.99. The van der Waals surface area contributed by atoms with Gasteiger partial charge in [0.25, 0.3) is 5.82 Å². The molecule has 2 heterocycles. The van der Waals surface area contributed by atoms with E-state index in [9.17, 15) is 0 Å². The van der Waals surface area contributed by atoms with Crippen LogP contribution >= 0.6 is 11.6 Å². The number of fused-ring (bicyclic) bond motifs is 1. The fourth-order valence-corrected chi connectivity index (χ4v) is 4.70. The number of nitrogens with zero attached hydrogens (tertiary/aromatic N) is 3. The number of halogens is 1. The number of rotatable bonds is 6. The lowest BCUT2D eigenvalue weighted by molar-refractivity contribution is 1.06. The monoisotopic (exact) mass is 517 g/mol. The SMILES string of the molecule is [C-]#[N+]c1ccc(-c2ccc3nc(CNc4cc(C)ccc4C)c(Cl)c(Nc4cc(C)ccc4C)c3c2)cn1. The molecule has 5 aromatic rings. The first-order valence-corrected chi connectivity index (χ1v) is 12.8.